The van der Waals surface area contributed by atoms with Crippen molar-refractivity contribution in [2.45, 2.75) is 0 Å². The number of carboxylic acids is 1. The second-order valence-electron chi connectivity index (χ2n) is 7.00. The molecular formula is C20H21Cl2N5O3. The van der Waals surface area contributed by atoms with Gasteiger partial charge in [-0.05, 0) is 12.1 Å². The summed E-state index contributed by atoms with van der Waals surface area (Å²) in [6.45, 7) is 4.07. The first-order valence-corrected chi connectivity index (χ1v) is 10.3. The molecular weight excluding hydrogens is 429 g/mol. The zero-order chi connectivity index (χ0) is 21.1. The van der Waals surface area contributed by atoms with Gasteiger partial charge in [-0.1, -0.05) is 23.2 Å². The van der Waals surface area contributed by atoms with Gasteiger partial charge in [0.1, 0.15) is 12.4 Å². The van der Waals surface area contributed by atoms with Crippen molar-refractivity contribution >= 4 is 45.9 Å². The van der Waals surface area contributed by atoms with E-state index in [1.807, 2.05) is 22.9 Å². The Labute approximate surface area is 183 Å². The van der Waals surface area contributed by atoms with Gasteiger partial charge in [-0.2, -0.15) is 0 Å². The van der Waals surface area contributed by atoms with Crippen LogP contribution in [-0.4, -0.2) is 76.4 Å². The molecule has 0 saturated carbocycles. The van der Waals surface area contributed by atoms with Crippen LogP contribution in [0.4, 0.5) is 5.82 Å². The van der Waals surface area contributed by atoms with E-state index < -0.39 is 5.97 Å². The number of pyridine rings is 1. The zero-order valence-electron chi connectivity index (χ0n) is 16.2. The van der Waals surface area contributed by atoms with Gasteiger partial charge in [0.15, 0.2) is 0 Å². The maximum Gasteiger partial charge on any atom is 0.323 e. The minimum atomic E-state index is -0.930. The summed E-state index contributed by atoms with van der Waals surface area (Å²) < 4.78 is 7.23. The molecule has 0 aliphatic carbocycles. The number of rotatable bonds is 7. The van der Waals surface area contributed by atoms with Crippen LogP contribution in [-0.2, 0) is 9.53 Å². The maximum absolute atomic E-state index is 11.6. The number of imidazole rings is 1. The molecule has 4 rings (SSSR count). The summed E-state index contributed by atoms with van der Waals surface area (Å²) in [6, 6.07) is 5.43. The summed E-state index contributed by atoms with van der Waals surface area (Å²) in [5.41, 5.74) is 1.32. The highest BCUT2D eigenvalue weighted by molar-refractivity contribution is 6.45. The maximum atomic E-state index is 11.6. The van der Waals surface area contributed by atoms with Crippen LogP contribution in [0.1, 0.15) is 0 Å². The molecule has 0 spiro atoms. The molecule has 0 atom stereocenters. The van der Waals surface area contributed by atoms with E-state index >= 15 is 0 Å². The number of hydrogen-bond acceptors (Lipinski definition) is 6. The Bertz CT molecular complexity index is 1040. The molecule has 0 unspecified atom stereocenters. The monoisotopic (exact) mass is 449 g/mol. The van der Waals surface area contributed by atoms with Crippen LogP contribution in [0.15, 0.2) is 36.9 Å². The number of anilines is 1. The van der Waals surface area contributed by atoms with Gasteiger partial charge >= 0.3 is 5.97 Å². The van der Waals surface area contributed by atoms with E-state index in [0.717, 1.165) is 24.2 Å². The predicted molar refractivity (Wildman–Crippen MR) is 116 cm³/mol. The van der Waals surface area contributed by atoms with E-state index in [1.165, 1.54) is 0 Å². The molecule has 158 valence electrons. The van der Waals surface area contributed by atoms with Crippen molar-refractivity contribution in [1.82, 2.24) is 19.4 Å². The summed E-state index contributed by atoms with van der Waals surface area (Å²) >= 11 is 12.7. The molecule has 3 aromatic rings. The second-order valence-corrected chi connectivity index (χ2v) is 7.78. The number of halogens is 2. The van der Waals surface area contributed by atoms with Crippen molar-refractivity contribution in [1.29, 1.82) is 0 Å². The van der Waals surface area contributed by atoms with E-state index in [0.29, 0.717) is 47.7 Å². The quantitative estimate of drug-likeness (QED) is 0.593. The lowest BCUT2D eigenvalue weighted by Gasteiger charge is -2.30. The van der Waals surface area contributed by atoms with Gasteiger partial charge in [-0.3, -0.25) is 9.69 Å². The van der Waals surface area contributed by atoms with Gasteiger partial charge in [0.25, 0.3) is 0 Å². The summed E-state index contributed by atoms with van der Waals surface area (Å²) in [5, 5.41) is 11.0. The normalized spacial score (nSPS) is 14.9. The Kier molecular flexibility index (Phi) is 6.38. The number of aromatic nitrogens is 3. The van der Waals surface area contributed by atoms with Gasteiger partial charge in [-0.15, -0.1) is 0 Å². The predicted octanol–water partition coefficient (Wildman–Crippen LogP) is 2.95. The van der Waals surface area contributed by atoms with Gasteiger partial charge in [-0.25, -0.2) is 9.97 Å². The number of carbonyl (C=O) groups is 1. The molecule has 1 N–H and O–H groups in total. The van der Waals surface area contributed by atoms with Gasteiger partial charge in [0, 0.05) is 50.0 Å². The van der Waals surface area contributed by atoms with Crippen molar-refractivity contribution in [3.8, 4) is 5.69 Å². The molecule has 0 amide bonds. The minimum Gasteiger partial charge on any atom is -0.480 e. The van der Waals surface area contributed by atoms with Crippen LogP contribution in [0.5, 0.6) is 0 Å². The number of hydrogen-bond donors (Lipinski definition) is 1. The van der Waals surface area contributed by atoms with Crippen molar-refractivity contribution in [3.05, 3.63) is 47.0 Å². The topological polar surface area (TPSA) is 83.7 Å². The van der Waals surface area contributed by atoms with Crippen LogP contribution in [0.25, 0.3) is 16.6 Å². The number of morpholine rings is 1. The Hall–Kier alpha value is -2.39. The number of benzene rings is 1. The first kappa shape index (κ1) is 20.9. The van der Waals surface area contributed by atoms with E-state index in [-0.39, 0.29) is 6.54 Å². The van der Waals surface area contributed by atoms with Crippen molar-refractivity contribution in [3.63, 3.8) is 0 Å². The highest BCUT2D eigenvalue weighted by atomic mass is 35.5. The molecule has 1 fully saturated rings. The first-order valence-electron chi connectivity index (χ1n) is 9.57. The van der Waals surface area contributed by atoms with Crippen LogP contribution in [0.3, 0.4) is 0 Å². The average molecular weight is 450 g/mol. The van der Waals surface area contributed by atoms with Gasteiger partial charge in [0.05, 0.1) is 40.8 Å². The Morgan fingerprint density at radius 3 is 2.77 bits per heavy atom. The van der Waals surface area contributed by atoms with E-state index in [4.69, 9.17) is 32.9 Å². The number of nitrogens with zero attached hydrogens (tertiary/aromatic N) is 5. The summed E-state index contributed by atoms with van der Waals surface area (Å²) in [4.78, 5) is 24.4. The molecule has 1 aliphatic rings. The first-order chi connectivity index (χ1) is 14.5. The van der Waals surface area contributed by atoms with E-state index in [2.05, 4.69) is 9.88 Å². The SMILES string of the molecule is O=C(O)CN(CCN1CCOCC1)c1cc(-n2ccnc2)c2ccc(Cl)c(Cl)c2n1. The third kappa shape index (κ3) is 4.52. The van der Waals surface area contributed by atoms with E-state index in [1.54, 1.807) is 23.5 Å². The van der Waals surface area contributed by atoms with Crippen molar-refractivity contribution in [2.24, 2.45) is 0 Å². The Morgan fingerprint density at radius 1 is 1.27 bits per heavy atom. The fourth-order valence-electron chi connectivity index (χ4n) is 3.50. The van der Waals surface area contributed by atoms with E-state index in [9.17, 15) is 9.90 Å². The largest absolute Gasteiger partial charge is 0.480 e. The number of ether oxygens (including phenoxy) is 1. The zero-order valence-corrected chi connectivity index (χ0v) is 17.7. The molecule has 1 saturated heterocycles. The molecule has 3 heterocycles. The highest BCUT2D eigenvalue weighted by Crippen LogP contribution is 2.34. The van der Waals surface area contributed by atoms with Crippen LogP contribution in [0.2, 0.25) is 10.0 Å². The lowest BCUT2D eigenvalue weighted by Crippen LogP contribution is -2.43. The van der Waals surface area contributed by atoms with Crippen LogP contribution in [0, 0.1) is 0 Å². The van der Waals surface area contributed by atoms with Crippen molar-refractivity contribution in [2.75, 3.05) is 50.8 Å². The summed E-state index contributed by atoms with van der Waals surface area (Å²) in [7, 11) is 0. The highest BCUT2D eigenvalue weighted by Gasteiger charge is 2.19. The summed E-state index contributed by atoms with van der Waals surface area (Å²) in [6.07, 6.45) is 5.17. The lowest BCUT2D eigenvalue weighted by molar-refractivity contribution is -0.135. The minimum absolute atomic E-state index is 0.176. The molecule has 30 heavy (non-hydrogen) atoms. The molecule has 10 heteroatoms. The number of aliphatic carboxylic acids is 1. The van der Waals surface area contributed by atoms with Gasteiger partial charge in [0.2, 0.25) is 0 Å². The second kappa shape index (κ2) is 9.18. The molecule has 8 nitrogen and oxygen atoms in total. The van der Waals surface area contributed by atoms with Gasteiger partial charge < -0.3 is 19.3 Å². The molecule has 2 aromatic heterocycles. The Morgan fingerprint density at radius 2 is 2.07 bits per heavy atom. The molecule has 0 radical (unpaired) electrons. The third-order valence-electron chi connectivity index (χ3n) is 5.06. The smallest absolute Gasteiger partial charge is 0.323 e. The Balaban J connectivity index is 1.75. The molecule has 1 aromatic carbocycles. The van der Waals surface area contributed by atoms with Crippen molar-refractivity contribution < 1.29 is 14.6 Å². The third-order valence-corrected chi connectivity index (χ3v) is 5.85. The molecule has 1 aliphatic heterocycles. The molecule has 0 bridgehead atoms. The number of fused-ring (bicyclic) bond motifs is 1. The van der Waals surface area contributed by atoms with Crippen LogP contribution < -0.4 is 4.90 Å². The lowest BCUT2D eigenvalue weighted by atomic mass is 10.1. The average Bonchev–Trinajstić information content (AvgIpc) is 3.28. The van der Waals surface area contributed by atoms with Crippen LogP contribution >= 0.6 is 23.2 Å². The fraction of sp³-hybridized carbons (Fsp3) is 0.350. The fourth-order valence-corrected chi connectivity index (χ4v) is 3.86. The number of carboxylic acid groups (broad SMARTS) is 1. The standard InChI is InChI=1S/C20H21Cl2N5O3/c21-15-2-1-14-16(27-4-3-23-13-27)11-17(24-20(14)19(15)22)26(12-18(28)29)6-5-25-7-9-30-10-8-25/h1-4,11,13H,5-10,12H2,(H,28,29). The summed E-state index contributed by atoms with van der Waals surface area (Å²) in [5.74, 6) is -0.411.